The van der Waals surface area contributed by atoms with E-state index in [2.05, 4.69) is 31.1 Å². The summed E-state index contributed by atoms with van der Waals surface area (Å²) in [7, 11) is 0. The maximum Gasteiger partial charge on any atom is 0.249 e. The molecule has 0 aliphatic rings. The van der Waals surface area contributed by atoms with Crippen molar-refractivity contribution in [1.82, 2.24) is 9.97 Å². The van der Waals surface area contributed by atoms with E-state index in [0.29, 0.717) is 4.47 Å². The average Bonchev–Trinajstić information content (AvgIpc) is 2.44. The summed E-state index contributed by atoms with van der Waals surface area (Å²) >= 11 is 8.81. The van der Waals surface area contributed by atoms with Crippen LogP contribution in [0.5, 0.6) is 11.6 Å². The molecule has 0 radical (unpaired) electrons. The van der Waals surface area contributed by atoms with Gasteiger partial charge in [-0.2, -0.15) is 0 Å². The van der Waals surface area contributed by atoms with Gasteiger partial charge in [-0.1, -0.05) is 16.8 Å². The third-order valence-electron chi connectivity index (χ3n) is 2.20. The van der Waals surface area contributed by atoms with Crippen molar-refractivity contribution < 1.29 is 14.3 Å². The van der Waals surface area contributed by atoms with E-state index in [0.717, 1.165) is 6.07 Å². The van der Waals surface area contributed by atoms with Crippen LogP contribution >= 0.6 is 27.5 Å². The van der Waals surface area contributed by atoms with E-state index >= 15 is 0 Å². The van der Waals surface area contributed by atoms with Gasteiger partial charge in [-0.3, -0.25) is 0 Å². The molecule has 0 unspecified atom stereocenters. The van der Waals surface area contributed by atoms with Crippen LogP contribution in [0, 0.1) is 5.82 Å². The van der Waals surface area contributed by atoms with Gasteiger partial charge in [-0.25, -0.2) is 14.4 Å². The van der Waals surface area contributed by atoms with Crippen LogP contribution in [0.1, 0.15) is 5.69 Å². The number of halogens is 3. The fourth-order valence-electron chi connectivity index (χ4n) is 1.31. The number of amidine groups is 1. The number of oxime groups is 1. The molecule has 0 amide bonds. The first kappa shape index (κ1) is 14.5. The summed E-state index contributed by atoms with van der Waals surface area (Å²) < 4.78 is 19.3. The lowest BCUT2D eigenvalue weighted by molar-refractivity contribution is 0.318. The molecule has 20 heavy (non-hydrogen) atoms. The average molecular weight is 362 g/mol. The summed E-state index contributed by atoms with van der Waals surface area (Å²) in [5, 5.41) is 11.4. The highest BCUT2D eigenvalue weighted by Crippen LogP contribution is 2.33. The van der Waals surface area contributed by atoms with Gasteiger partial charge in [-0.15, -0.1) is 0 Å². The van der Waals surface area contributed by atoms with Gasteiger partial charge in [0, 0.05) is 18.5 Å². The first-order chi connectivity index (χ1) is 9.52. The molecule has 1 aromatic carbocycles. The molecule has 2 rings (SSSR count). The second-order valence-electron chi connectivity index (χ2n) is 3.49. The van der Waals surface area contributed by atoms with Gasteiger partial charge in [0.15, 0.2) is 11.5 Å². The van der Waals surface area contributed by atoms with Crippen LogP contribution in [0.2, 0.25) is 5.02 Å². The number of benzene rings is 1. The molecule has 9 heteroatoms. The summed E-state index contributed by atoms with van der Waals surface area (Å²) in [6.45, 7) is 0. The molecule has 0 saturated carbocycles. The van der Waals surface area contributed by atoms with Crippen LogP contribution in [0.25, 0.3) is 0 Å². The molecule has 104 valence electrons. The minimum Gasteiger partial charge on any atom is -0.436 e. The van der Waals surface area contributed by atoms with Crippen LogP contribution in [-0.2, 0) is 0 Å². The van der Waals surface area contributed by atoms with Crippen LogP contribution in [0.4, 0.5) is 4.39 Å². The lowest BCUT2D eigenvalue weighted by Gasteiger charge is -2.10. The van der Waals surface area contributed by atoms with Gasteiger partial charge in [0.2, 0.25) is 5.88 Å². The quantitative estimate of drug-likeness (QED) is 0.288. The third-order valence-corrected chi connectivity index (χ3v) is 3.11. The van der Waals surface area contributed by atoms with Crippen LogP contribution in [0.15, 0.2) is 34.2 Å². The standard InChI is InChI=1S/C11H7BrClFN4O2/c12-5-3-6(13)7(14)4-8(5)20-11-9(10(15)18-19)16-1-2-17-11/h1-4,19H,(H2,15,18). The second kappa shape index (κ2) is 6.02. The van der Waals surface area contributed by atoms with Crippen LogP contribution < -0.4 is 10.5 Å². The Morgan fingerprint density at radius 2 is 2.10 bits per heavy atom. The Labute approximate surface area is 126 Å². The van der Waals surface area contributed by atoms with E-state index in [1.165, 1.54) is 18.5 Å². The summed E-state index contributed by atoms with van der Waals surface area (Å²) in [6.07, 6.45) is 2.70. The van der Waals surface area contributed by atoms with Crippen molar-refractivity contribution >= 4 is 33.4 Å². The molecule has 6 nitrogen and oxygen atoms in total. The van der Waals surface area contributed by atoms with Crippen molar-refractivity contribution in [2.24, 2.45) is 10.9 Å². The number of hydrogen-bond acceptors (Lipinski definition) is 5. The summed E-state index contributed by atoms with van der Waals surface area (Å²) in [5.74, 6) is -0.845. The molecular weight excluding hydrogens is 355 g/mol. The summed E-state index contributed by atoms with van der Waals surface area (Å²) in [5.41, 5.74) is 5.48. The summed E-state index contributed by atoms with van der Waals surface area (Å²) in [6, 6.07) is 2.42. The Morgan fingerprint density at radius 3 is 2.80 bits per heavy atom. The minimum atomic E-state index is -0.654. The monoisotopic (exact) mass is 360 g/mol. The number of ether oxygens (including phenoxy) is 1. The molecule has 2 aromatic rings. The zero-order valence-corrected chi connectivity index (χ0v) is 12.1. The fraction of sp³-hybridized carbons (Fsp3) is 0. The molecular formula is C11H7BrClFN4O2. The first-order valence-electron chi connectivity index (χ1n) is 5.14. The van der Waals surface area contributed by atoms with Gasteiger partial charge in [0.25, 0.3) is 0 Å². The number of hydrogen-bond donors (Lipinski definition) is 2. The lowest BCUT2D eigenvalue weighted by Crippen LogP contribution is -2.16. The van der Waals surface area contributed by atoms with E-state index < -0.39 is 5.82 Å². The molecule has 0 atom stereocenters. The van der Waals surface area contributed by atoms with Crippen molar-refractivity contribution in [3.05, 3.63) is 45.5 Å². The zero-order valence-electron chi connectivity index (χ0n) is 9.72. The molecule has 0 aliphatic heterocycles. The minimum absolute atomic E-state index is 0.0252. The summed E-state index contributed by atoms with van der Waals surface area (Å²) in [4.78, 5) is 7.78. The number of nitrogens with two attached hydrogens (primary N) is 1. The van der Waals surface area contributed by atoms with E-state index in [-0.39, 0.29) is 28.2 Å². The molecule has 1 aromatic heterocycles. The third kappa shape index (κ3) is 2.97. The largest absolute Gasteiger partial charge is 0.436 e. The van der Waals surface area contributed by atoms with Crippen molar-refractivity contribution in [3.8, 4) is 11.6 Å². The Kier molecular flexibility index (Phi) is 4.35. The fourth-order valence-corrected chi connectivity index (χ4v) is 2.03. The highest BCUT2D eigenvalue weighted by Gasteiger charge is 2.15. The number of rotatable bonds is 3. The molecule has 0 fully saturated rings. The van der Waals surface area contributed by atoms with Gasteiger partial charge in [0.05, 0.1) is 9.50 Å². The zero-order chi connectivity index (χ0) is 14.7. The van der Waals surface area contributed by atoms with Gasteiger partial charge in [0.1, 0.15) is 11.6 Å². The van der Waals surface area contributed by atoms with E-state index in [9.17, 15) is 4.39 Å². The topological polar surface area (TPSA) is 93.6 Å². The molecule has 0 aliphatic carbocycles. The number of nitrogens with zero attached hydrogens (tertiary/aromatic N) is 3. The maximum absolute atomic E-state index is 13.4. The van der Waals surface area contributed by atoms with Crippen LogP contribution in [0.3, 0.4) is 0 Å². The Morgan fingerprint density at radius 1 is 1.40 bits per heavy atom. The van der Waals surface area contributed by atoms with Crippen LogP contribution in [-0.4, -0.2) is 21.0 Å². The van der Waals surface area contributed by atoms with Gasteiger partial charge >= 0.3 is 0 Å². The van der Waals surface area contributed by atoms with Gasteiger partial charge < -0.3 is 15.7 Å². The number of aromatic nitrogens is 2. The first-order valence-corrected chi connectivity index (χ1v) is 6.31. The van der Waals surface area contributed by atoms with E-state index in [1.54, 1.807) is 0 Å². The highest BCUT2D eigenvalue weighted by molar-refractivity contribution is 9.10. The smallest absolute Gasteiger partial charge is 0.249 e. The second-order valence-corrected chi connectivity index (χ2v) is 4.76. The highest BCUT2D eigenvalue weighted by atomic mass is 79.9. The maximum atomic E-state index is 13.4. The Bertz CT molecular complexity index is 683. The van der Waals surface area contributed by atoms with Crippen molar-refractivity contribution in [1.29, 1.82) is 0 Å². The predicted molar refractivity (Wildman–Crippen MR) is 73.7 cm³/mol. The molecule has 0 spiro atoms. The SMILES string of the molecule is N/C(=N/O)c1nccnc1Oc1cc(F)c(Cl)cc1Br. The lowest BCUT2D eigenvalue weighted by atomic mass is 10.3. The van der Waals surface area contributed by atoms with E-state index in [1.807, 2.05) is 0 Å². The van der Waals surface area contributed by atoms with E-state index in [4.69, 9.17) is 27.3 Å². The van der Waals surface area contributed by atoms with Crippen molar-refractivity contribution in [3.63, 3.8) is 0 Å². The Hall–Kier alpha value is -1.93. The van der Waals surface area contributed by atoms with Crippen molar-refractivity contribution in [2.75, 3.05) is 0 Å². The Balaban J connectivity index is 2.43. The van der Waals surface area contributed by atoms with Crippen molar-refractivity contribution in [2.45, 2.75) is 0 Å². The molecule has 1 heterocycles. The molecule has 0 saturated heterocycles. The predicted octanol–water partition coefficient (Wildman–Crippen LogP) is 2.92. The molecule has 3 N–H and O–H groups in total. The molecule has 0 bridgehead atoms. The normalized spacial score (nSPS) is 11.4. The van der Waals surface area contributed by atoms with Gasteiger partial charge in [-0.05, 0) is 22.0 Å².